The smallest absolute Gasteiger partial charge is 0.0852 e. The highest BCUT2D eigenvalue weighted by Crippen LogP contribution is 2.11. The SMILES string of the molecule is CC(C)c1cn(C(C)C)nn1.CC(C)n1ccnn1. The molecule has 0 spiro atoms. The topological polar surface area (TPSA) is 61.4 Å². The summed E-state index contributed by atoms with van der Waals surface area (Å²) >= 11 is 0. The van der Waals surface area contributed by atoms with E-state index in [1.165, 1.54) is 0 Å². The first-order chi connectivity index (χ1) is 8.91. The van der Waals surface area contributed by atoms with Gasteiger partial charge in [-0.2, -0.15) is 0 Å². The van der Waals surface area contributed by atoms with Crippen LogP contribution in [-0.2, 0) is 0 Å². The standard InChI is InChI=1S/C8H15N3.C5H9N3/c1-6(2)8-5-11(7(3)4)10-9-8;1-5(2)8-4-3-6-7-8/h5-7H,1-4H3;3-5H,1-2H3. The Kier molecular flexibility index (Phi) is 5.66. The van der Waals surface area contributed by atoms with Crippen LogP contribution in [0.15, 0.2) is 18.6 Å². The van der Waals surface area contributed by atoms with Crippen LogP contribution < -0.4 is 0 Å². The quantitative estimate of drug-likeness (QED) is 0.855. The largest absolute Gasteiger partial charge is 0.250 e. The number of aromatic nitrogens is 6. The van der Waals surface area contributed by atoms with E-state index in [0.29, 0.717) is 18.0 Å². The van der Waals surface area contributed by atoms with Gasteiger partial charge in [-0.3, -0.25) is 4.68 Å². The highest BCUT2D eigenvalue weighted by atomic mass is 15.4. The van der Waals surface area contributed by atoms with Crippen LogP contribution in [0.4, 0.5) is 0 Å². The molecular formula is C13H24N6. The van der Waals surface area contributed by atoms with Crippen molar-refractivity contribution >= 4 is 0 Å². The first-order valence-electron chi connectivity index (χ1n) is 6.69. The first-order valence-corrected chi connectivity index (χ1v) is 6.69. The molecule has 0 saturated carbocycles. The summed E-state index contributed by atoms with van der Waals surface area (Å²) in [7, 11) is 0. The van der Waals surface area contributed by atoms with Crippen molar-refractivity contribution in [2.75, 3.05) is 0 Å². The third-order valence-corrected chi connectivity index (χ3v) is 2.62. The molecule has 0 fully saturated rings. The Labute approximate surface area is 114 Å². The molecule has 0 N–H and O–H groups in total. The normalized spacial score (nSPS) is 11.0. The van der Waals surface area contributed by atoms with Crippen molar-refractivity contribution in [1.82, 2.24) is 30.0 Å². The zero-order chi connectivity index (χ0) is 14.4. The lowest BCUT2D eigenvalue weighted by Gasteiger charge is -2.01. The second-order valence-electron chi connectivity index (χ2n) is 5.35. The van der Waals surface area contributed by atoms with Crippen LogP contribution in [0.5, 0.6) is 0 Å². The molecule has 2 rings (SSSR count). The lowest BCUT2D eigenvalue weighted by Crippen LogP contribution is -2.00. The summed E-state index contributed by atoms with van der Waals surface area (Å²) in [6.45, 7) is 12.6. The molecule has 2 aromatic heterocycles. The summed E-state index contributed by atoms with van der Waals surface area (Å²) in [5, 5.41) is 15.5. The maximum atomic E-state index is 4.05. The van der Waals surface area contributed by atoms with Gasteiger partial charge < -0.3 is 0 Å². The van der Waals surface area contributed by atoms with Gasteiger partial charge in [0.25, 0.3) is 0 Å². The number of nitrogens with zero attached hydrogens (tertiary/aromatic N) is 6. The summed E-state index contributed by atoms with van der Waals surface area (Å²) in [5.41, 5.74) is 1.07. The third kappa shape index (κ3) is 4.81. The fourth-order valence-electron chi connectivity index (χ4n) is 1.30. The van der Waals surface area contributed by atoms with Crippen LogP contribution in [0.1, 0.15) is 65.2 Å². The molecule has 0 aliphatic carbocycles. The highest BCUT2D eigenvalue weighted by Gasteiger charge is 2.05. The monoisotopic (exact) mass is 264 g/mol. The number of rotatable bonds is 3. The summed E-state index contributed by atoms with van der Waals surface area (Å²) in [6, 6.07) is 0.840. The van der Waals surface area contributed by atoms with Crippen molar-refractivity contribution in [2.24, 2.45) is 0 Å². The molecule has 0 aliphatic rings. The van der Waals surface area contributed by atoms with E-state index in [1.54, 1.807) is 10.9 Å². The predicted molar refractivity (Wildman–Crippen MR) is 74.9 cm³/mol. The van der Waals surface area contributed by atoms with Gasteiger partial charge in [0.05, 0.1) is 11.9 Å². The van der Waals surface area contributed by atoms with Gasteiger partial charge in [0, 0.05) is 24.5 Å². The van der Waals surface area contributed by atoms with Crippen molar-refractivity contribution in [3.8, 4) is 0 Å². The van der Waals surface area contributed by atoms with E-state index >= 15 is 0 Å². The van der Waals surface area contributed by atoms with Gasteiger partial charge in [0.2, 0.25) is 0 Å². The van der Waals surface area contributed by atoms with Crippen molar-refractivity contribution in [1.29, 1.82) is 0 Å². The van der Waals surface area contributed by atoms with Crippen LogP contribution in [0.3, 0.4) is 0 Å². The van der Waals surface area contributed by atoms with E-state index in [2.05, 4.69) is 62.2 Å². The maximum Gasteiger partial charge on any atom is 0.0852 e. The molecule has 2 aromatic rings. The van der Waals surface area contributed by atoms with Gasteiger partial charge >= 0.3 is 0 Å². The molecule has 0 amide bonds. The van der Waals surface area contributed by atoms with E-state index < -0.39 is 0 Å². The van der Waals surface area contributed by atoms with Gasteiger partial charge in [-0.05, 0) is 33.6 Å². The summed E-state index contributed by atoms with van der Waals surface area (Å²) in [6.07, 6.45) is 5.54. The van der Waals surface area contributed by atoms with E-state index in [1.807, 2.05) is 17.1 Å². The van der Waals surface area contributed by atoms with Gasteiger partial charge in [-0.25, -0.2) is 4.68 Å². The summed E-state index contributed by atoms with van der Waals surface area (Å²) in [4.78, 5) is 0. The van der Waals surface area contributed by atoms with E-state index in [0.717, 1.165) is 5.69 Å². The molecule has 0 aliphatic heterocycles. The molecule has 0 aromatic carbocycles. The molecule has 19 heavy (non-hydrogen) atoms. The van der Waals surface area contributed by atoms with Crippen LogP contribution >= 0.6 is 0 Å². The Bertz CT molecular complexity index is 433. The minimum absolute atomic E-state index is 0.412. The molecule has 0 unspecified atom stereocenters. The molecule has 6 nitrogen and oxygen atoms in total. The number of hydrogen-bond donors (Lipinski definition) is 0. The van der Waals surface area contributed by atoms with Crippen LogP contribution in [-0.4, -0.2) is 30.0 Å². The summed E-state index contributed by atoms with van der Waals surface area (Å²) in [5.74, 6) is 0.475. The molecule has 106 valence electrons. The van der Waals surface area contributed by atoms with Crippen LogP contribution in [0, 0.1) is 0 Å². The van der Waals surface area contributed by atoms with Crippen LogP contribution in [0.25, 0.3) is 0 Å². The molecular weight excluding hydrogens is 240 g/mol. The van der Waals surface area contributed by atoms with Gasteiger partial charge in [-0.1, -0.05) is 24.3 Å². The molecule has 0 atom stereocenters. The van der Waals surface area contributed by atoms with Crippen LogP contribution in [0.2, 0.25) is 0 Å². The Morgan fingerprint density at radius 1 is 0.895 bits per heavy atom. The van der Waals surface area contributed by atoms with Gasteiger partial charge in [0.15, 0.2) is 0 Å². The van der Waals surface area contributed by atoms with Gasteiger partial charge in [0.1, 0.15) is 0 Å². The lowest BCUT2D eigenvalue weighted by molar-refractivity contribution is 0.514. The molecule has 0 saturated heterocycles. The van der Waals surface area contributed by atoms with Crippen molar-refractivity contribution in [3.63, 3.8) is 0 Å². The zero-order valence-electron chi connectivity index (χ0n) is 12.6. The third-order valence-electron chi connectivity index (χ3n) is 2.62. The number of hydrogen-bond acceptors (Lipinski definition) is 4. The minimum Gasteiger partial charge on any atom is -0.250 e. The molecule has 0 radical (unpaired) electrons. The van der Waals surface area contributed by atoms with Crippen molar-refractivity contribution < 1.29 is 0 Å². The Morgan fingerprint density at radius 3 is 1.79 bits per heavy atom. The maximum absolute atomic E-state index is 4.05. The van der Waals surface area contributed by atoms with E-state index in [-0.39, 0.29) is 0 Å². The summed E-state index contributed by atoms with van der Waals surface area (Å²) < 4.78 is 3.69. The first kappa shape index (κ1) is 15.3. The van der Waals surface area contributed by atoms with Crippen molar-refractivity contribution in [2.45, 2.75) is 59.5 Å². The molecule has 2 heterocycles. The van der Waals surface area contributed by atoms with E-state index in [4.69, 9.17) is 0 Å². The predicted octanol–water partition coefficient (Wildman–Crippen LogP) is 2.84. The molecule has 0 bridgehead atoms. The second kappa shape index (κ2) is 7.01. The van der Waals surface area contributed by atoms with Gasteiger partial charge in [-0.15, -0.1) is 10.2 Å². The minimum atomic E-state index is 0.412. The Morgan fingerprint density at radius 2 is 1.53 bits per heavy atom. The Hall–Kier alpha value is -1.72. The fourth-order valence-corrected chi connectivity index (χ4v) is 1.30. The lowest BCUT2D eigenvalue weighted by atomic mass is 10.2. The highest BCUT2D eigenvalue weighted by molar-refractivity contribution is 4.98. The fraction of sp³-hybridized carbons (Fsp3) is 0.692. The zero-order valence-corrected chi connectivity index (χ0v) is 12.6. The molecule has 6 heteroatoms. The average Bonchev–Trinajstić information content (AvgIpc) is 3.02. The van der Waals surface area contributed by atoms with Crippen molar-refractivity contribution in [3.05, 3.63) is 24.3 Å². The Balaban J connectivity index is 0.000000200. The second-order valence-corrected chi connectivity index (χ2v) is 5.35. The van der Waals surface area contributed by atoms with E-state index in [9.17, 15) is 0 Å². The average molecular weight is 264 g/mol.